The van der Waals surface area contributed by atoms with Crippen molar-refractivity contribution in [1.82, 2.24) is 5.32 Å². The molecule has 1 amide bonds. The number of rotatable bonds is 1. The van der Waals surface area contributed by atoms with E-state index in [2.05, 4.69) is 10.3 Å². The van der Waals surface area contributed by atoms with Gasteiger partial charge >= 0.3 is 6.09 Å². The molecule has 7 heteroatoms. The number of nitrogens with one attached hydrogen (secondary N) is 1. The molecule has 1 aliphatic heterocycles. The number of hydrogen-bond donors (Lipinski definition) is 3. The largest absolute Gasteiger partial charge is 0.444 e. The Morgan fingerprint density at radius 3 is 2.72 bits per heavy atom. The molecule has 0 saturated heterocycles. The number of fused-ring (bicyclic) bond motifs is 1. The number of alkyl carbamates (subject to hydrolysis) is 1. The van der Waals surface area contributed by atoms with E-state index in [0.717, 1.165) is 0 Å². The monoisotopic (exact) mass is 274 g/mol. The van der Waals surface area contributed by atoms with Crippen LogP contribution in [0.3, 0.4) is 0 Å². The van der Waals surface area contributed by atoms with Crippen molar-refractivity contribution >= 4 is 23.9 Å². The van der Waals surface area contributed by atoms with E-state index in [4.69, 9.17) is 16.3 Å². The van der Waals surface area contributed by atoms with Crippen molar-refractivity contribution in [2.24, 2.45) is 4.99 Å². The van der Waals surface area contributed by atoms with Gasteiger partial charge in [-0.3, -0.25) is 10.3 Å². The number of carbonyl (C=O) groups excluding carboxylic acids is 1. The number of nitrogens with zero attached hydrogens (tertiary/aromatic N) is 1. The Hall–Kier alpha value is -1.11. The molecule has 0 radical (unpaired) electrons. The highest BCUT2D eigenvalue weighted by Gasteiger charge is 2.71. The van der Waals surface area contributed by atoms with Crippen LogP contribution in [0.1, 0.15) is 27.2 Å². The Morgan fingerprint density at radius 1 is 1.56 bits per heavy atom. The van der Waals surface area contributed by atoms with Crippen LogP contribution in [0, 0.1) is 0 Å². The summed E-state index contributed by atoms with van der Waals surface area (Å²) in [5.41, 5.74) is -3.86. The first-order chi connectivity index (χ1) is 8.07. The van der Waals surface area contributed by atoms with Crippen molar-refractivity contribution in [3.8, 4) is 0 Å². The first kappa shape index (κ1) is 13.3. The number of ether oxygens (including phenoxy) is 1. The lowest BCUT2D eigenvalue weighted by molar-refractivity contribution is 0.0337. The van der Waals surface area contributed by atoms with Gasteiger partial charge in [-0.2, -0.15) is 0 Å². The van der Waals surface area contributed by atoms with Gasteiger partial charge in [0, 0.05) is 12.6 Å². The molecular formula is C11H15ClN2O4. The lowest BCUT2D eigenvalue weighted by atomic mass is 10.1. The molecule has 6 nitrogen and oxygen atoms in total. The van der Waals surface area contributed by atoms with Gasteiger partial charge < -0.3 is 14.9 Å². The number of aliphatic imine (C=N–C) groups is 1. The van der Waals surface area contributed by atoms with Gasteiger partial charge in [0.2, 0.25) is 0 Å². The Balaban J connectivity index is 2.14. The predicted octanol–water partition coefficient (Wildman–Crippen LogP) is 0.869. The van der Waals surface area contributed by atoms with E-state index in [1.807, 2.05) is 0 Å². The molecule has 1 heterocycles. The average Bonchev–Trinajstić information content (AvgIpc) is 2.74. The highest BCUT2D eigenvalue weighted by atomic mass is 35.5. The summed E-state index contributed by atoms with van der Waals surface area (Å²) in [7, 11) is 0. The highest BCUT2D eigenvalue weighted by Crippen LogP contribution is 2.55. The molecule has 1 saturated carbocycles. The molecule has 2 atom stereocenters. The van der Waals surface area contributed by atoms with Gasteiger partial charge in [0.1, 0.15) is 5.60 Å². The van der Waals surface area contributed by atoms with Gasteiger partial charge in [0.15, 0.2) is 11.3 Å². The van der Waals surface area contributed by atoms with Crippen LogP contribution in [0.25, 0.3) is 0 Å². The van der Waals surface area contributed by atoms with Crippen molar-refractivity contribution in [3.05, 3.63) is 10.7 Å². The zero-order valence-electron chi connectivity index (χ0n) is 10.3. The minimum absolute atomic E-state index is 0.00213. The van der Waals surface area contributed by atoms with Crippen LogP contribution in [0.2, 0.25) is 0 Å². The molecule has 3 N–H and O–H groups in total. The number of hydrogen-bond acceptors (Lipinski definition) is 5. The minimum Gasteiger partial charge on any atom is -0.444 e. The number of carbonyl (C=O) groups is 1. The Bertz CT molecular complexity index is 468. The van der Waals surface area contributed by atoms with Crippen LogP contribution in [-0.2, 0) is 4.74 Å². The number of halogens is 1. The topological polar surface area (TPSA) is 91.2 Å². The Morgan fingerprint density at radius 2 is 2.17 bits per heavy atom. The van der Waals surface area contributed by atoms with Gasteiger partial charge in [-0.25, -0.2) is 4.79 Å². The fourth-order valence-corrected chi connectivity index (χ4v) is 2.00. The van der Waals surface area contributed by atoms with Crippen molar-refractivity contribution in [3.63, 3.8) is 0 Å². The maximum Gasteiger partial charge on any atom is 0.412 e. The van der Waals surface area contributed by atoms with Crippen LogP contribution in [0.4, 0.5) is 4.79 Å². The summed E-state index contributed by atoms with van der Waals surface area (Å²) >= 11 is 5.86. The fourth-order valence-electron chi connectivity index (χ4n) is 1.75. The molecule has 0 bridgehead atoms. The van der Waals surface area contributed by atoms with E-state index in [1.165, 1.54) is 6.21 Å². The van der Waals surface area contributed by atoms with Crippen molar-refractivity contribution in [2.45, 2.75) is 44.1 Å². The summed E-state index contributed by atoms with van der Waals surface area (Å²) in [6, 6.07) is 0. The molecule has 0 spiro atoms. The fraction of sp³-hybridized carbons (Fsp3) is 0.636. The SMILES string of the molecule is CC(C)(C)OC(=O)NC1=C(Cl)C=NC2(O)CC12O. The van der Waals surface area contributed by atoms with Crippen LogP contribution < -0.4 is 5.32 Å². The molecule has 1 aliphatic carbocycles. The highest BCUT2D eigenvalue weighted by molar-refractivity contribution is 6.40. The van der Waals surface area contributed by atoms with Crippen molar-refractivity contribution in [1.29, 1.82) is 0 Å². The van der Waals surface area contributed by atoms with E-state index in [9.17, 15) is 15.0 Å². The molecule has 1 fully saturated rings. The van der Waals surface area contributed by atoms with Crippen LogP contribution >= 0.6 is 11.6 Å². The number of aliphatic hydroxyl groups is 2. The lowest BCUT2D eigenvalue weighted by Crippen LogP contribution is -2.41. The summed E-state index contributed by atoms with van der Waals surface area (Å²) in [5, 5.41) is 22.4. The maximum absolute atomic E-state index is 11.6. The van der Waals surface area contributed by atoms with E-state index in [1.54, 1.807) is 20.8 Å². The van der Waals surface area contributed by atoms with E-state index >= 15 is 0 Å². The molecule has 0 aromatic heterocycles. The Kier molecular flexibility index (Phi) is 2.73. The molecule has 2 aliphatic rings. The van der Waals surface area contributed by atoms with Crippen molar-refractivity contribution in [2.75, 3.05) is 0 Å². The van der Waals surface area contributed by atoms with E-state index in [0.29, 0.717) is 0 Å². The molecule has 18 heavy (non-hydrogen) atoms. The van der Waals surface area contributed by atoms with Crippen LogP contribution in [0.5, 0.6) is 0 Å². The third-order valence-electron chi connectivity index (χ3n) is 2.71. The number of dihydropyridines is 1. The standard InChI is InChI=1S/C11H15ClN2O4/c1-9(2,3)18-8(15)14-7-6(12)4-13-11(17)5-10(7,11)16/h4,16-17H,5H2,1-3H3,(H,14,15). The van der Waals surface area contributed by atoms with Crippen molar-refractivity contribution < 1.29 is 19.7 Å². The van der Waals surface area contributed by atoms with Crippen LogP contribution in [0.15, 0.2) is 15.7 Å². The lowest BCUT2D eigenvalue weighted by Gasteiger charge is -2.24. The van der Waals surface area contributed by atoms with Gasteiger partial charge in [-0.05, 0) is 20.8 Å². The van der Waals surface area contributed by atoms with Gasteiger partial charge in [-0.1, -0.05) is 11.6 Å². The normalized spacial score (nSPS) is 34.1. The van der Waals surface area contributed by atoms with Gasteiger partial charge in [0.05, 0.1) is 10.7 Å². The number of amides is 1. The Labute approximate surface area is 109 Å². The number of allylic oxidation sites excluding steroid dienone is 1. The quantitative estimate of drug-likeness (QED) is 0.662. The first-order valence-corrected chi connectivity index (χ1v) is 5.85. The second-order valence-corrected chi connectivity index (χ2v) is 5.87. The smallest absolute Gasteiger partial charge is 0.412 e. The third-order valence-corrected chi connectivity index (χ3v) is 3.00. The maximum atomic E-state index is 11.6. The second kappa shape index (κ2) is 3.69. The first-order valence-electron chi connectivity index (χ1n) is 5.48. The zero-order valence-corrected chi connectivity index (χ0v) is 11.1. The molecule has 0 aromatic carbocycles. The summed E-state index contributed by atoms with van der Waals surface area (Å²) in [6.07, 6.45) is 0.460. The molecular weight excluding hydrogens is 260 g/mol. The van der Waals surface area contributed by atoms with E-state index < -0.39 is 23.0 Å². The zero-order chi connectivity index (χ0) is 13.8. The second-order valence-electron chi connectivity index (χ2n) is 5.46. The predicted molar refractivity (Wildman–Crippen MR) is 65.3 cm³/mol. The summed E-state index contributed by atoms with van der Waals surface area (Å²) < 4.78 is 5.05. The molecule has 0 aromatic rings. The average molecular weight is 275 g/mol. The van der Waals surface area contributed by atoms with Gasteiger partial charge in [-0.15, -0.1) is 0 Å². The molecule has 100 valence electrons. The van der Waals surface area contributed by atoms with Gasteiger partial charge in [0.25, 0.3) is 0 Å². The third kappa shape index (κ3) is 2.11. The summed E-state index contributed by atoms with van der Waals surface area (Å²) in [5.74, 6) is 0. The summed E-state index contributed by atoms with van der Waals surface area (Å²) in [6.45, 7) is 5.15. The van der Waals surface area contributed by atoms with Crippen LogP contribution in [-0.4, -0.2) is 39.4 Å². The summed E-state index contributed by atoms with van der Waals surface area (Å²) in [4.78, 5) is 15.3. The minimum atomic E-state index is -1.63. The molecule has 2 unspecified atom stereocenters. The van der Waals surface area contributed by atoms with E-state index in [-0.39, 0.29) is 17.2 Å². The molecule has 2 rings (SSSR count).